The van der Waals surface area contributed by atoms with E-state index >= 15 is 0 Å². The Bertz CT molecular complexity index is 396. The van der Waals surface area contributed by atoms with Gasteiger partial charge in [0.1, 0.15) is 13.4 Å². The molecule has 1 aromatic carbocycles. The Balaban J connectivity index is 2.38. The van der Waals surface area contributed by atoms with Gasteiger partial charge in [0.15, 0.2) is 0 Å². The zero-order valence-electron chi connectivity index (χ0n) is 12.3. The van der Waals surface area contributed by atoms with Gasteiger partial charge in [0.05, 0.1) is 12.1 Å². The van der Waals surface area contributed by atoms with E-state index in [-0.39, 0.29) is 13.4 Å². The van der Waals surface area contributed by atoms with Crippen LogP contribution < -0.4 is 5.32 Å². The molecule has 0 saturated heterocycles. The zero-order chi connectivity index (χ0) is 14.8. The molecule has 112 valence electrons. The van der Waals surface area contributed by atoms with E-state index in [1.54, 1.807) is 7.11 Å². The molecule has 0 heterocycles. The molecule has 0 radical (unpaired) electrons. The van der Waals surface area contributed by atoms with Crippen LogP contribution in [0.3, 0.4) is 0 Å². The Labute approximate surface area is 120 Å². The predicted octanol–water partition coefficient (Wildman–Crippen LogP) is 2.70. The summed E-state index contributed by atoms with van der Waals surface area (Å²) in [6.07, 6.45) is 0.288. The van der Waals surface area contributed by atoms with E-state index in [9.17, 15) is 4.79 Å². The number of amides is 1. The van der Waals surface area contributed by atoms with Crippen molar-refractivity contribution >= 4 is 6.09 Å². The monoisotopic (exact) mass is 281 g/mol. The summed E-state index contributed by atoms with van der Waals surface area (Å²) in [6, 6.07) is 9.56. The molecule has 1 rings (SSSR count). The van der Waals surface area contributed by atoms with Crippen molar-refractivity contribution in [2.75, 3.05) is 20.5 Å². The first-order valence-corrected chi connectivity index (χ1v) is 6.65. The molecule has 1 atom stereocenters. The van der Waals surface area contributed by atoms with Crippen molar-refractivity contribution in [2.24, 2.45) is 0 Å². The Morgan fingerprint density at radius 3 is 2.60 bits per heavy atom. The number of hydrogen-bond acceptors (Lipinski definition) is 4. The third kappa shape index (κ3) is 6.04. The van der Waals surface area contributed by atoms with Crippen molar-refractivity contribution in [3.63, 3.8) is 0 Å². The van der Waals surface area contributed by atoms with E-state index < -0.39 is 11.6 Å². The van der Waals surface area contributed by atoms with Gasteiger partial charge in [0.2, 0.25) is 0 Å². The quantitative estimate of drug-likeness (QED) is 0.588. The minimum absolute atomic E-state index is 0.205. The van der Waals surface area contributed by atoms with Gasteiger partial charge in [0, 0.05) is 7.11 Å². The van der Waals surface area contributed by atoms with E-state index in [2.05, 4.69) is 5.32 Å². The molecule has 0 spiro atoms. The number of hydrogen-bond donors (Lipinski definition) is 1. The van der Waals surface area contributed by atoms with Gasteiger partial charge >= 0.3 is 6.09 Å². The lowest BCUT2D eigenvalue weighted by molar-refractivity contribution is -0.0512. The molecule has 0 aliphatic rings. The van der Waals surface area contributed by atoms with Crippen molar-refractivity contribution < 1.29 is 19.0 Å². The van der Waals surface area contributed by atoms with Crippen molar-refractivity contribution in [1.82, 2.24) is 5.32 Å². The van der Waals surface area contributed by atoms with Crippen LogP contribution in [0.5, 0.6) is 0 Å². The SMILES string of the molecule is CCC(C)(COCOC)NC(=O)OCc1ccccc1. The zero-order valence-corrected chi connectivity index (χ0v) is 12.3. The van der Waals surface area contributed by atoms with Gasteiger partial charge in [-0.2, -0.15) is 0 Å². The molecule has 0 bridgehead atoms. The standard InChI is InChI=1S/C15H23NO4/c1-4-15(2,11-19-12-18-3)16-14(17)20-10-13-8-6-5-7-9-13/h5-9H,4,10-12H2,1-3H3,(H,16,17). The average Bonchev–Trinajstić information content (AvgIpc) is 2.46. The maximum absolute atomic E-state index is 11.8. The van der Waals surface area contributed by atoms with Crippen LogP contribution in [0.25, 0.3) is 0 Å². The second kappa shape index (κ2) is 8.55. The molecule has 0 aliphatic carbocycles. The lowest BCUT2D eigenvalue weighted by Crippen LogP contribution is -2.49. The summed E-state index contributed by atoms with van der Waals surface area (Å²) in [5, 5.41) is 2.83. The first kappa shape index (κ1) is 16.5. The summed E-state index contributed by atoms with van der Waals surface area (Å²) in [5.41, 5.74) is 0.489. The van der Waals surface area contributed by atoms with E-state index in [0.717, 1.165) is 12.0 Å². The van der Waals surface area contributed by atoms with Crippen LogP contribution in [0.15, 0.2) is 30.3 Å². The summed E-state index contributed by atoms with van der Waals surface area (Å²) < 4.78 is 15.3. The molecule has 1 aromatic rings. The van der Waals surface area contributed by atoms with Gasteiger partial charge in [-0.05, 0) is 18.9 Å². The summed E-state index contributed by atoms with van der Waals surface area (Å²) >= 11 is 0. The van der Waals surface area contributed by atoms with E-state index in [1.807, 2.05) is 44.2 Å². The number of carbonyl (C=O) groups excluding carboxylic acids is 1. The highest BCUT2D eigenvalue weighted by atomic mass is 16.7. The molecule has 5 nitrogen and oxygen atoms in total. The number of rotatable bonds is 8. The molecule has 1 unspecified atom stereocenters. The maximum atomic E-state index is 11.8. The maximum Gasteiger partial charge on any atom is 0.407 e. The van der Waals surface area contributed by atoms with Gasteiger partial charge in [-0.3, -0.25) is 0 Å². The van der Waals surface area contributed by atoms with Gasteiger partial charge in [-0.25, -0.2) is 4.79 Å². The van der Waals surface area contributed by atoms with Gasteiger partial charge < -0.3 is 19.5 Å². The number of nitrogens with one attached hydrogen (secondary N) is 1. The van der Waals surface area contributed by atoms with Crippen LogP contribution in [-0.4, -0.2) is 32.1 Å². The molecule has 0 fully saturated rings. The molecule has 0 saturated carbocycles. The van der Waals surface area contributed by atoms with Crippen LogP contribution in [-0.2, 0) is 20.8 Å². The highest BCUT2D eigenvalue weighted by Gasteiger charge is 2.25. The van der Waals surface area contributed by atoms with Crippen LogP contribution in [0, 0.1) is 0 Å². The van der Waals surface area contributed by atoms with Crippen LogP contribution in [0.2, 0.25) is 0 Å². The molecule has 5 heteroatoms. The van der Waals surface area contributed by atoms with Crippen molar-refractivity contribution in [1.29, 1.82) is 0 Å². The third-order valence-electron chi connectivity index (χ3n) is 3.02. The highest BCUT2D eigenvalue weighted by molar-refractivity contribution is 5.68. The van der Waals surface area contributed by atoms with E-state index in [0.29, 0.717) is 6.61 Å². The normalized spacial score (nSPS) is 13.6. The fourth-order valence-corrected chi connectivity index (χ4v) is 1.58. The Morgan fingerprint density at radius 1 is 1.30 bits per heavy atom. The molecular formula is C15H23NO4. The molecular weight excluding hydrogens is 258 g/mol. The van der Waals surface area contributed by atoms with Crippen molar-refractivity contribution in [3.05, 3.63) is 35.9 Å². The second-order valence-corrected chi connectivity index (χ2v) is 4.86. The Hall–Kier alpha value is -1.59. The number of alkyl carbamates (subject to hydrolysis) is 1. The topological polar surface area (TPSA) is 56.8 Å². The molecule has 0 aliphatic heterocycles. The lowest BCUT2D eigenvalue weighted by Gasteiger charge is -2.28. The van der Waals surface area contributed by atoms with Crippen LogP contribution in [0.1, 0.15) is 25.8 Å². The van der Waals surface area contributed by atoms with E-state index in [1.165, 1.54) is 0 Å². The lowest BCUT2D eigenvalue weighted by atomic mass is 10.0. The third-order valence-corrected chi connectivity index (χ3v) is 3.02. The smallest absolute Gasteiger partial charge is 0.407 e. The highest BCUT2D eigenvalue weighted by Crippen LogP contribution is 2.11. The number of methoxy groups -OCH3 is 1. The predicted molar refractivity (Wildman–Crippen MR) is 76.3 cm³/mol. The van der Waals surface area contributed by atoms with Gasteiger partial charge in [-0.15, -0.1) is 0 Å². The van der Waals surface area contributed by atoms with Gasteiger partial charge in [0.25, 0.3) is 0 Å². The fraction of sp³-hybridized carbons (Fsp3) is 0.533. The molecule has 1 N–H and O–H groups in total. The number of carbonyl (C=O) groups is 1. The number of benzene rings is 1. The van der Waals surface area contributed by atoms with Crippen LogP contribution in [0.4, 0.5) is 4.79 Å². The summed E-state index contributed by atoms with van der Waals surface area (Å²) in [7, 11) is 1.56. The van der Waals surface area contributed by atoms with Crippen LogP contribution >= 0.6 is 0 Å². The minimum atomic E-state index is -0.466. The summed E-state index contributed by atoms with van der Waals surface area (Å²) in [6.45, 7) is 4.72. The largest absolute Gasteiger partial charge is 0.445 e. The fourth-order valence-electron chi connectivity index (χ4n) is 1.58. The molecule has 0 aromatic heterocycles. The molecule has 20 heavy (non-hydrogen) atoms. The summed E-state index contributed by atoms with van der Waals surface area (Å²) in [4.78, 5) is 11.8. The van der Waals surface area contributed by atoms with Gasteiger partial charge in [-0.1, -0.05) is 37.3 Å². The average molecular weight is 281 g/mol. The number of ether oxygens (including phenoxy) is 3. The minimum Gasteiger partial charge on any atom is -0.445 e. The Kier molecular flexibility index (Phi) is 7.04. The summed E-state index contributed by atoms with van der Waals surface area (Å²) in [5.74, 6) is 0. The van der Waals surface area contributed by atoms with E-state index in [4.69, 9.17) is 14.2 Å². The first-order valence-electron chi connectivity index (χ1n) is 6.65. The van der Waals surface area contributed by atoms with Crippen molar-refractivity contribution in [2.45, 2.75) is 32.4 Å². The van der Waals surface area contributed by atoms with Crippen molar-refractivity contribution in [3.8, 4) is 0 Å². The first-order chi connectivity index (χ1) is 9.59. The second-order valence-electron chi connectivity index (χ2n) is 4.86. The Morgan fingerprint density at radius 2 is 2.00 bits per heavy atom. The molecule has 1 amide bonds.